The van der Waals surface area contributed by atoms with Crippen LogP contribution in [0.25, 0.3) is 0 Å². The topological polar surface area (TPSA) is 89.9 Å². The first-order valence-electron chi connectivity index (χ1n) is 6.38. The molecule has 3 N–H and O–H groups in total. The standard InChI is InChI=1S/C12H24N2O4/c1-4-6-7-14(9(3)5-2)12(18)13-10(8-15)11(16)17/h9-10,15H,4-8H2,1-3H3,(H,13,18)(H,16,17)/t9?,10-/m0/s1. The van der Waals surface area contributed by atoms with E-state index in [9.17, 15) is 9.59 Å². The van der Waals surface area contributed by atoms with Gasteiger partial charge in [0.1, 0.15) is 0 Å². The van der Waals surface area contributed by atoms with Crippen LogP contribution in [0.3, 0.4) is 0 Å². The molecule has 0 rings (SSSR count). The minimum atomic E-state index is -1.24. The Balaban J connectivity index is 4.58. The van der Waals surface area contributed by atoms with Crippen molar-refractivity contribution in [1.82, 2.24) is 10.2 Å². The molecule has 0 saturated heterocycles. The van der Waals surface area contributed by atoms with Crippen molar-refractivity contribution < 1.29 is 19.8 Å². The minimum absolute atomic E-state index is 0.0460. The van der Waals surface area contributed by atoms with Gasteiger partial charge in [0.2, 0.25) is 0 Å². The summed E-state index contributed by atoms with van der Waals surface area (Å²) in [6.07, 6.45) is 2.63. The van der Waals surface area contributed by atoms with Crippen LogP contribution in [0.5, 0.6) is 0 Å². The van der Waals surface area contributed by atoms with E-state index in [1.165, 1.54) is 0 Å². The van der Waals surface area contributed by atoms with E-state index in [0.717, 1.165) is 19.3 Å². The van der Waals surface area contributed by atoms with Gasteiger partial charge in [0.25, 0.3) is 0 Å². The molecule has 0 aliphatic rings. The Labute approximate surface area is 108 Å². The van der Waals surface area contributed by atoms with E-state index < -0.39 is 24.6 Å². The summed E-state index contributed by atoms with van der Waals surface area (Å²) in [6, 6.07) is -1.63. The van der Waals surface area contributed by atoms with Gasteiger partial charge in [-0.25, -0.2) is 9.59 Å². The van der Waals surface area contributed by atoms with Gasteiger partial charge >= 0.3 is 12.0 Å². The summed E-state index contributed by atoms with van der Waals surface area (Å²) >= 11 is 0. The molecule has 18 heavy (non-hydrogen) atoms. The SMILES string of the molecule is CCCCN(C(=O)N[C@@H](CO)C(=O)O)C(C)CC. The summed E-state index contributed by atoms with van der Waals surface area (Å²) in [5.41, 5.74) is 0. The number of aliphatic hydroxyl groups is 1. The molecule has 0 aliphatic carbocycles. The number of nitrogens with zero attached hydrogens (tertiary/aromatic N) is 1. The van der Waals surface area contributed by atoms with Crippen molar-refractivity contribution in [1.29, 1.82) is 0 Å². The van der Waals surface area contributed by atoms with Crippen molar-refractivity contribution in [2.24, 2.45) is 0 Å². The smallest absolute Gasteiger partial charge is 0.328 e. The number of carboxylic acid groups (broad SMARTS) is 1. The molecule has 0 fully saturated rings. The number of carboxylic acids is 1. The second-order valence-electron chi connectivity index (χ2n) is 4.33. The maximum atomic E-state index is 12.0. The molecule has 0 aliphatic heterocycles. The Morgan fingerprint density at radius 1 is 1.33 bits per heavy atom. The molecule has 106 valence electrons. The average Bonchev–Trinajstić information content (AvgIpc) is 2.35. The highest BCUT2D eigenvalue weighted by molar-refractivity contribution is 5.82. The largest absolute Gasteiger partial charge is 0.480 e. The van der Waals surface area contributed by atoms with Gasteiger partial charge in [0.15, 0.2) is 6.04 Å². The fourth-order valence-corrected chi connectivity index (χ4v) is 1.49. The Morgan fingerprint density at radius 3 is 2.33 bits per heavy atom. The fourth-order valence-electron chi connectivity index (χ4n) is 1.49. The van der Waals surface area contributed by atoms with Crippen LogP contribution >= 0.6 is 0 Å². The lowest BCUT2D eigenvalue weighted by Gasteiger charge is -2.29. The van der Waals surface area contributed by atoms with Crippen LogP contribution in [-0.2, 0) is 4.79 Å². The van der Waals surface area contributed by atoms with E-state index in [4.69, 9.17) is 10.2 Å². The maximum absolute atomic E-state index is 12.0. The van der Waals surface area contributed by atoms with Gasteiger partial charge in [-0.1, -0.05) is 20.3 Å². The predicted octanol–water partition coefficient (Wildman–Crippen LogP) is 1.04. The van der Waals surface area contributed by atoms with E-state index in [2.05, 4.69) is 5.32 Å². The molecule has 1 unspecified atom stereocenters. The number of aliphatic carboxylic acids is 1. The molecule has 2 atom stereocenters. The minimum Gasteiger partial charge on any atom is -0.480 e. The summed E-state index contributed by atoms with van der Waals surface area (Å²) in [6.45, 7) is 5.90. The van der Waals surface area contributed by atoms with E-state index >= 15 is 0 Å². The highest BCUT2D eigenvalue weighted by Crippen LogP contribution is 2.06. The number of rotatable bonds is 8. The van der Waals surface area contributed by atoms with Crippen molar-refractivity contribution >= 4 is 12.0 Å². The lowest BCUT2D eigenvalue weighted by molar-refractivity contribution is -0.140. The van der Waals surface area contributed by atoms with Gasteiger partial charge in [-0.2, -0.15) is 0 Å². The molecule has 0 spiro atoms. The number of unbranched alkanes of at least 4 members (excludes halogenated alkanes) is 1. The van der Waals surface area contributed by atoms with Gasteiger partial charge in [0.05, 0.1) is 6.61 Å². The number of hydrogen-bond acceptors (Lipinski definition) is 3. The number of carbonyl (C=O) groups is 2. The summed E-state index contributed by atoms with van der Waals surface area (Å²) < 4.78 is 0. The van der Waals surface area contributed by atoms with Crippen molar-refractivity contribution in [3.8, 4) is 0 Å². The van der Waals surface area contributed by atoms with Crippen molar-refractivity contribution in [3.05, 3.63) is 0 Å². The van der Waals surface area contributed by atoms with Crippen LogP contribution in [0.1, 0.15) is 40.0 Å². The molecule has 0 aromatic carbocycles. The molecule has 0 bridgehead atoms. The summed E-state index contributed by atoms with van der Waals surface area (Å²) in [5.74, 6) is -1.23. The number of aliphatic hydroxyl groups excluding tert-OH is 1. The molecule has 6 nitrogen and oxygen atoms in total. The van der Waals surface area contributed by atoms with Gasteiger partial charge in [0, 0.05) is 12.6 Å². The fraction of sp³-hybridized carbons (Fsp3) is 0.833. The second-order valence-corrected chi connectivity index (χ2v) is 4.33. The van der Waals surface area contributed by atoms with E-state index in [1.54, 1.807) is 4.90 Å². The molecule has 0 aromatic heterocycles. The maximum Gasteiger partial charge on any atom is 0.328 e. The van der Waals surface area contributed by atoms with E-state index in [0.29, 0.717) is 6.54 Å². The van der Waals surface area contributed by atoms with Gasteiger partial charge in [-0.15, -0.1) is 0 Å². The van der Waals surface area contributed by atoms with Crippen molar-refractivity contribution in [3.63, 3.8) is 0 Å². The Hall–Kier alpha value is -1.30. The van der Waals surface area contributed by atoms with Crippen LogP contribution in [0, 0.1) is 0 Å². The van der Waals surface area contributed by atoms with Crippen LogP contribution in [0.15, 0.2) is 0 Å². The van der Waals surface area contributed by atoms with Crippen LogP contribution in [0.4, 0.5) is 4.79 Å². The Bertz CT molecular complexity index is 271. The zero-order chi connectivity index (χ0) is 14.1. The zero-order valence-corrected chi connectivity index (χ0v) is 11.3. The van der Waals surface area contributed by atoms with E-state index in [-0.39, 0.29) is 6.04 Å². The number of amides is 2. The monoisotopic (exact) mass is 260 g/mol. The molecule has 0 saturated carbocycles. The Kier molecular flexibility index (Phi) is 8.11. The zero-order valence-electron chi connectivity index (χ0n) is 11.3. The van der Waals surface area contributed by atoms with Gasteiger partial charge in [-0.3, -0.25) is 0 Å². The highest BCUT2D eigenvalue weighted by atomic mass is 16.4. The molecule has 0 radical (unpaired) electrons. The second kappa shape index (κ2) is 8.74. The average molecular weight is 260 g/mol. The molecule has 0 heterocycles. The van der Waals surface area contributed by atoms with Crippen LogP contribution in [0.2, 0.25) is 0 Å². The number of urea groups is 1. The normalized spacial score (nSPS) is 13.8. The van der Waals surface area contributed by atoms with Crippen molar-refractivity contribution in [2.45, 2.75) is 52.1 Å². The third-order valence-corrected chi connectivity index (χ3v) is 2.91. The summed E-state index contributed by atoms with van der Waals surface area (Å²) in [5, 5.41) is 20.0. The summed E-state index contributed by atoms with van der Waals surface area (Å²) in [4.78, 5) is 24.3. The first-order valence-corrected chi connectivity index (χ1v) is 6.38. The van der Waals surface area contributed by atoms with Crippen molar-refractivity contribution in [2.75, 3.05) is 13.2 Å². The third-order valence-electron chi connectivity index (χ3n) is 2.91. The third kappa shape index (κ3) is 5.35. The molecule has 0 aromatic rings. The lowest BCUT2D eigenvalue weighted by atomic mass is 10.2. The quantitative estimate of drug-likeness (QED) is 0.608. The van der Waals surface area contributed by atoms with Crippen LogP contribution in [-0.4, -0.2) is 52.3 Å². The van der Waals surface area contributed by atoms with Gasteiger partial charge in [-0.05, 0) is 19.8 Å². The first-order chi connectivity index (χ1) is 8.47. The number of hydrogen-bond donors (Lipinski definition) is 3. The number of nitrogens with one attached hydrogen (secondary N) is 1. The molecule has 6 heteroatoms. The lowest BCUT2D eigenvalue weighted by Crippen LogP contribution is -2.52. The van der Waals surface area contributed by atoms with Crippen LogP contribution < -0.4 is 5.32 Å². The van der Waals surface area contributed by atoms with Gasteiger partial charge < -0.3 is 20.4 Å². The Morgan fingerprint density at radius 2 is 1.94 bits per heavy atom. The predicted molar refractivity (Wildman–Crippen MR) is 68.4 cm³/mol. The summed E-state index contributed by atoms with van der Waals surface area (Å²) in [7, 11) is 0. The molecule has 2 amide bonds. The van der Waals surface area contributed by atoms with E-state index in [1.807, 2.05) is 20.8 Å². The highest BCUT2D eigenvalue weighted by Gasteiger charge is 2.24. The molecular formula is C12H24N2O4. The number of carbonyl (C=O) groups excluding carboxylic acids is 1. The first kappa shape index (κ1) is 16.7. The molecular weight excluding hydrogens is 236 g/mol.